The number of aryl methyl sites for hydroxylation is 1. The molecule has 0 unspecified atom stereocenters. The first-order valence-electron chi connectivity index (χ1n) is 6.61. The predicted molar refractivity (Wildman–Crippen MR) is 80.3 cm³/mol. The number of nitrogens with zero attached hydrogens (tertiary/aromatic N) is 3. The van der Waals surface area contributed by atoms with Gasteiger partial charge in [0.15, 0.2) is 6.21 Å². The first-order valence-corrected chi connectivity index (χ1v) is 6.61. The number of hydroxylamine groups is 1. The van der Waals surface area contributed by atoms with Crippen LogP contribution in [0.1, 0.15) is 36.7 Å². The predicted octanol–water partition coefficient (Wildman–Crippen LogP) is 2.66. The van der Waals surface area contributed by atoms with Crippen molar-refractivity contribution in [3.63, 3.8) is 0 Å². The van der Waals surface area contributed by atoms with Crippen LogP contribution < -0.4 is 0 Å². The minimum Gasteiger partial charge on any atom is -0.339 e. The van der Waals surface area contributed by atoms with Crippen LogP contribution in [0, 0.1) is 19.3 Å². The van der Waals surface area contributed by atoms with Gasteiger partial charge in [0.05, 0.1) is 11.3 Å². The third-order valence-corrected chi connectivity index (χ3v) is 3.46. The lowest BCUT2D eigenvalue weighted by Crippen LogP contribution is -2.26. The van der Waals surface area contributed by atoms with Gasteiger partial charge in [0, 0.05) is 5.69 Å². The fourth-order valence-corrected chi connectivity index (χ4v) is 2.61. The molecule has 1 aromatic heterocycles. The molecule has 1 aliphatic rings. The second-order valence-electron chi connectivity index (χ2n) is 5.23. The summed E-state index contributed by atoms with van der Waals surface area (Å²) in [6.07, 6.45) is 3.60. The molecule has 2 heterocycles. The van der Waals surface area contributed by atoms with Crippen LogP contribution in [-0.2, 0) is 4.84 Å². The number of rotatable bonds is 3. The van der Waals surface area contributed by atoms with E-state index in [2.05, 4.69) is 32.4 Å². The molecule has 2 rings (SSSR count). The van der Waals surface area contributed by atoms with Gasteiger partial charge < -0.3 is 4.84 Å². The van der Waals surface area contributed by atoms with E-state index in [0.717, 1.165) is 17.1 Å². The highest BCUT2D eigenvalue weighted by Crippen LogP contribution is 2.25. The van der Waals surface area contributed by atoms with Gasteiger partial charge in [0.2, 0.25) is 0 Å². The van der Waals surface area contributed by atoms with Gasteiger partial charge in [-0.15, -0.1) is 0 Å². The van der Waals surface area contributed by atoms with Gasteiger partial charge in [0.25, 0.3) is 0 Å². The Kier molecular flexibility index (Phi) is 3.61. The third kappa shape index (κ3) is 2.19. The highest BCUT2D eigenvalue weighted by molar-refractivity contribution is 6.10. The van der Waals surface area contributed by atoms with Crippen molar-refractivity contribution < 1.29 is 9.58 Å². The number of hydrogen-bond donors (Lipinski definition) is 1. The van der Waals surface area contributed by atoms with E-state index in [0.29, 0.717) is 11.5 Å². The quantitative estimate of drug-likeness (QED) is 0.861. The van der Waals surface area contributed by atoms with Crippen molar-refractivity contribution >= 4 is 17.7 Å². The topological polar surface area (TPSA) is 53.9 Å². The molecule has 1 N–H and O–H groups in total. The van der Waals surface area contributed by atoms with Crippen molar-refractivity contribution in [2.24, 2.45) is 0 Å². The van der Waals surface area contributed by atoms with Crippen molar-refractivity contribution in [3.05, 3.63) is 35.2 Å². The van der Waals surface area contributed by atoms with Crippen LogP contribution in [0.5, 0.6) is 0 Å². The zero-order chi connectivity index (χ0) is 15.0. The maximum atomic E-state index is 7.87. The minimum atomic E-state index is 0.238. The van der Waals surface area contributed by atoms with Gasteiger partial charge in [-0.3, -0.25) is 0 Å². The maximum Gasteiger partial charge on any atom is 0.360 e. The second-order valence-corrected chi connectivity index (χ2v) is 5.23. The summed E-state index contributed by atoms with van der Waals surface area (Å²) >= 11 is 0. The van der Waals surface area contributed by atoms with E-state index < -0.39 is 0 Å². The third-order valence-electron chi connectivity index (χ3n) is 3.46. The Hall–Kier alpha value is -2.17. The summed E-state index contributed by atoms with van der Waals surface area (Å²) < 4.78 is 3.28. The lowest BCUT2D eigenvalue weighted by atomic mass is 10.0. The summed E-state index contributed by atoms with van der Waals surface area (Å²) in [5.74, 6) is 0.662. The maximum absolute atomic E-state index is 7.87. The summed E-state index contributed by atoms with van der Waals surface area (Å²) in [6, 6.07) is 0. The van der Waals surface area contributed by atoms with Crippen LogP contribution >= 0.6 is 0 Å². The fraction of sp³-hybridized carbons (Fsp3) is 0.400. The Morgan fingerprint density at radius 1 is 1.40 bits per heavy atom. The zero-order valence-electron chi connectivity index (χ0n) is 12.7. The van der Waals surface area contributed by atoms with E-state index in [-0.39, 0.29) is 5.84 Å². The molecular formula is C15H21N4O+. The SMILES string of the molecule is C=C1C=C(n2nc(C)c(C(C)C)c2C)C=[N+](OC)C1=N. The van der Waals surface area contributed by atoms with Gasteiger partial charge in [-0.2, -0.15) is 5.10 Å². The monoisotopic (exact) mass is 273 g/mol. The summed E-state index contributed by atoms with van der Waals surface area (Å²) in [6.45, 7) is 12.3. The van der Waals surface area contributed by atoms with E-state index in [1.54, 1.807) is 6.21 Å². The zero-order valence-corrected chi connectivity index (χ0v) is 12.7. The molecule has 0 aromatic carbocycles. The normalized spacial score (nSPS) is 15.5. The molecule has 0 bridgehead atoms. The lowest BCUT2D eigenvalue weighted by Gasteiger charge is -2.13. The molecule has 0 spiro atoms. The summed E-state index contributed by atoms with van der Waals surface area (Å²) in [5, 5.41) is 12.5. The average molecular weight is 273 g/mol. The molecule has 20 heavy (non-hydrogen) atoms. The second kappa shape index (κ2) is 5.07. The van der Waals surface area contributed by atoms with Gasteiger partial charge in [0.1, 0.15) is 12.8 Å². The summed E-state index contributed by atoms with van der Waals surface area (Å²) in [5.41, 5.74) is 4.84. The molecule has 0 radical (unpaired) electrons. The van der Waals surface area contributed by atoms with E-state index in [1.165, 1.54) is 17.4 Å². The number of allylic oxidation sites excluding steroid dienone is 1. The Labute approximate surface area is 119 Å². The molecule has 106 valence electrons. The Morgan fingerprint density at radius 2 is 2.05 bits per heavy atom. The molecule has 1 aromatic rings. The highest BCUT2D eigenvalue weighted by atomic mass is 16.7. The molecular weight excluding hydrogens is 252 g/mol. The van der Waals surface area contributed by atoms with E-state index in [4.69, 9.17) is 10.2 Å². The van der Waals surface area contributed by atoms with Gasteiger partial charge >= 0.3 is 5.84 Å². The number of amidine groups is 1. The number of hydrogen-bond acceptors (Lipinski definition) is 3. The minimum absolute atomic E-state index is 0.238. The van der Waals surface area contributed by atoms with Crippen molar-refractivity contribution in [1.29, 1.82) is 5.41 Å². The Balaban J connectivity index is 2.56. The van der Waals surface area contributed by atoms with Crippen LogP contribution in [0.15, 0.2) is 18.2 Å². The number of nitrogens with one attached hydrogen (secondary N) is 1. The molecule has 0 amide bonds. The average Bonchev–Trinajstić information content (AvgIpc) is 2.68. The number of aromatic nitrogens is 2. The van der Waals surface area contributed by atoms with E-state index in [9.17, 15) is 0 Å². The fourth-order valence-electron chi connectivity index (χ4n) is 2.61. The van der Waals surface area contributed by atoms with Gasteiger partial charge in [-0.25, -0.2) is 4.68 Å². The van der Waals surface area contributed by atoms with Gasteiger partial charge in [-0.1, -0.05) is 25.8 Å². The molecule has 5 heteroatoms. The van der Waals surface area contributed by atoms with Gasteiger partial charge in [-0.05, 0) is 36.1 Å². The highest BCUT2D eigenvalue weighted by Gasteiger charge is 2.25. The molecule has 0 aliphatic carbocycles. The van der Waals surface area contributed by atoms with Crippen LogP contribution in [0.2, 0.25) is 0 Å². The smallest absolute Gasteiger partial charge is 0.339 e. The van der Waals surface area contributed by atoms with Crippen LogP contribution in [-0.4, -0.2) is 33.7 Å². The summed E-state index contributed by atoms with van der Waals surface area (Å²) in [4.78, 5) is 5.16. The molecule has 0 atom stereocenters. The van der Waals surface area contributed by atoms with E-state index in [1.807, 2.05) is 17.7 Å². The first kappa shape index (κ1) is 14.2. The molecule has 5 nitrogen and oxygen atoms in total. The van der Waals surface area contributed by atoms with Crippen LogP contribution in [0.4, 0.5) is 0 Å². The molecule has 0 fully saturated rings. The standard InChI is InChI=1S/C15H21N4O/c1-9(2)14-11(4)17-19(12(14)5)13-7-10(3)15(16)18(8-13)20-6/h7-9,16H,3H2,1-2,4-6H3/q+1. The van der Waals surface area contributed by atoms with Crippen molar-refractivity contribution in [1.82, 2.24) is 9.78 Å². The van der Waals surface area contributed by atoms with Crippen molar-refractivity contribution in [3.8, 4) is 0 Å². The molecule has 1 aliphatic heterocycles. The van der Waals surface area contributed by atoms with Crippen molar-refractivity contribution in [2.75, 3.05) is 7.11 Å². The molecule has 0 saturated heterocycles. The van der Waals surface area contributed by atoms with Crippen LogP contribution in [0.25, 0.3) is 5.70 Å². The van der Waals surface area contributed by atoms with E-state index >= 15 is 0 Å². The summed E-state index contributed by atoms with van der Waals surface area (Å²) in [7, 11) is 1.53. The Bertz CT molecular complexity index is 647. The van der Waals surface area contributed by atoms with Crippen LogP contribution in [0.3, 0.4) is 0 Å². The Morgan fingerprint density at radius 3 is 2.55 bits per heavy atom. The largest absolute Gasteiger partial charge is 0.360 e. The van der Waals surface area contributed by atoms with Crippen molar-refractivity contribution in [2.45, 2.75) is 33.6 Å². The molecule has 0 saturated carbocycles. The first-order chi connectivity index (χ1) is 9.36. The lowest BCUT2D eigenvalue weighted by molar-refractivity contribution is -0.693.